The first-order valence-corrected chi connectivity index (χ1v) is 6.07. The van der Waals surface area contributed by atoms with Crippen LogP contribution < -0.4 is 10.5 Å². The van der Waals surface area contributed by atoms with Crippen LogP contribution in [0.2, 0.25) is 0 Å². The Bertz CT molecular complexity index is 564. The van der Waals surface area contributed by atoms with Gasteiger partial charge in [0, 0.05) is 12.1 Å². The van der Waals surface area contributed by atoms with E-state index < -0.39 is 11.7 Å². The lowest BCUT2D eigenvalue weighted by atomic mass is 10.1. The second-order valence-corrected chi connectivity index (χ2v) is 4.29. The maximum atomic E-state index is 12.8. The van der Waals surface area contributed by atoms with Gasteiger partial charge in [0.2, 0.25) is 0 Å². The molecule has 2 aromatic carbocycles. The van der Waals surface area contributed by atoms with Crippen molar-refractivity contribution in [1.82, 2.24) is 0 Å². The van der Waals surface area contributed by atoms with Gasteiger partial charge in [0.15, 0.2) is 0 Å². The molecule has 0 unspecified atom stereocenters. The van der Waals surface area contributed by atoms with E-state index in [1.54, 1.807) is 30.3 Å². The Labute approximate surface area is 115 Å². The van der Waals surface area contributed by atoms with E-state index in [1.807, 2.05) is 0 Å². The summed E-state index contributed by atoms with van der Waals surface area (Å²) >= 11 is 0. The van der Waals surface area contributed by atoms with Crippen molar-refractivity contribution in [2.24, 2.45) is 5.73 Å². The zero-order valence-electron chi connectivity index (χ0n) is 10.7. The van der Waals surface area contributed by atoms with Crippen LogP contribution >= 0.6 is 0 Å². The van der Waals surface area contributed by atoms with Crippen LogP contribution in [0.25, 0.3) is 0 Å². The molecule has 0 spiro atoms. The van der Waals surface area contributed by atoms with Crippen molar-refractivity contribution in [3.63, 3.8) is 0 Å². The minimum absolute atomic E-state index is 0.114. The number of hydrogen-bond donors (Lipinski definition) is 1. The molecule has 5 heteroatoms. The Morgan fingerprint density at radius 3 is 2.20 bits per heavy atom. The van der Waals surface area contributed by atoms with Gasteiger partial charge in [-0.2, -0.15) is 13.2 Å². The summed E-state index contributed by atoms with van der Waals surface area (Å²) < 4.78 is 43.8. The van der Waals surface area contributed by atoms with E-state index in [9.17, 15) is 13.2 Å². The summed E-state index contributed by atoms with van der Waals surface area (Å²) in [5.74, 6) is 0.513. The first kappa shape index (κ1) is 14.4. The lowest BCUT2D eigenvalue weighted by Crippen LogP contribution is -2.10. The molecule has 0 aliphatic heterocycles. The average molecular weight is 281 g/mol. The van der Waals surface area contributed by atoms with Crippen LogP contribution in [0.1, 0.15) is 16.7 Å². The van der Waals surface area contributed by atoms with Crippen molar-refractivity contribution < 1.29 is 17.9 Å². The minimum Gasteiger partial charge on any atom is -0.489 e. The van der Waals surface area contributed by atoms with Crippen molar-refractivity contribution >= 4 is 0 Å². The molecule has 2 aromatic rings. The van der Waals surface area contributed by atoms with Crippen molar-refractivity contribution in [1.29, 1.82) is 0 Å². The molecule has 0 aliphatic rings. The Hall–Kier alpha value is -2.01. The molecule has 0 heterocycles. The van der Waals surface area contributed by atoms with Gasteiger partial charge < -0.3 is 10.5 Å². The summed E-state index contributed by atoms with van der Waals surface area (Å²) in [6, 6.07) is 12.3. The van der Waals surface area contributed by atoms with E-state index >= 15 is 0 Å². The smallest absolute Gasteiger partial charge is 0.416 e. The summed E-state index contributed by atoms with van der Waals surface area (Å²) in [6.07, 6.45) is -4.37. The summed E-state index contributed by atoms with van der Waals surface area (Å²) in [5.41, 5.74) is 5.85. The van der Waals surface area contributed by atoms with Gasteiger partial charge in [0.25, 0.3) is 0 Å². The van der Waals surface area contributed by atoms with Crippen molar-refractivity contribution in [2.45, 2.75) is 19.3 Å². The predicted octanol–water partition coefficient (Wildman–Crippen LogP) is 3.74. The van der Waals surface area contributed by atoms with E-state index in [0.29, 0.717) is 12.3 Å². The molecule has 0 aromatic heterocycles. The summed E-state index contributed by atoms with van der Waals surface area (Å²) in [4.78, 5) is 0. The van der Waals surface area contributed by atoms with Crippen molar-refractivity contribution in [2.75, 3.05) is 0 Å². The molecule has 0 radical (unpaired) electrons. The lowest BCUT2D eigenvalue weighted by molar-refractivity contribution is -0.138. The van der Waals surface area contributed by atoms with Crippen molar-refractivity contribution in [3.05, 3.63) is 65.2 Å². The molecule has 106 valence electrons. The Balaban J connectivity index is 2.10. The number of nitrogens with two attached hydrogens (primary N) is 1. The second-order valence-electron chi connectivity index (χ2n) is 4.29. The van der Waals surface area contributed by atoms with Crippen LogP contribution in [0.5, 0.6) is 5.75 Å². The molecule has 0 amide bonds. The molecular weight excluding hydrogens is 267 g/mol. The van der Waals surface area contributed by atoms with E-state index in [1.165, 1.54) is 12.1 Å². The van der Waals surface area contributed by atoms with Crippen LogP contribution in [-0.2, 0) is 19.3 Å². The molecule has 2 N–H and O–H groups in total. The normalized spacial score (nSPS) is 11.4. The second kappa shape index (κ2) is 5.96. The zero-order valence-corrected chi connectivity index (χ0v) is 10.7. The minimum atomic E-state index is -4.37. The van der Waals surface area contributed by atoms with Crippen LogP contribution in [-0.4, -0.2) is 0 Å². The Kier molecular flexibility index (Phi) is 4.29. The molecule has 2 rings (SSSR count). The van der Waals surface area contributed by atoms with Gasteiger partial charge in [-0.3, -0.25) is 0 Å². The molecule has 0 bridgehead atoms. The van der Waals surface area contributed by atoms with Gasteiger partial charge in [0.05, 0.1) is 5.56 Å². The summed E-state index contributed by atoms with van der Waals surface area (Å²) in [5, 5.41) is 0. The highest BCUT2D eigenvalue weighted by molar-refractivity contribution is 5.31. The van der Waals surface area contributed by atoms with E-state index in [-0.39, 0.29) is 12.2 Å². The zero-order chi connectivity index (χ0) is 14.6. The van der Waals surface area contributed by atoms with Crippen molar-refractivity contribution in [3.8, 4) is 5.75 Å². The first-order chi connectivity index (χ1) is 9.50. The Morgan fingerprint density at radius 1 is 0.950 bits per heavy atom. The fourth-order valence-electron chi connectivity index (χ4n) is 1.81. The van der Waals surface area contributed by atoms with E-state index in [0.717, 1.165) is 11.6 Å². The first-order valence-electron chi connectivity index (χ1n) is 6.07. The maximum absolute atomic E-state index is 12.8. The number of benzene rings is 2. The number of ether oxygens (including phenoxy) is 1. The fraction of sp³-hybridized carbons (Fsp3) is 0.200. The largest absolute Gasteiger partial charge is 0.489 e. The molecule has 0 atom stereocenters. The number of rotatable bonds is 4. The molecule has 0 fully saturated rings. The fourth-order valence-corrected chi connectivity index (χ4v) is 1.81. The highest BCUT2D eigenvalue weighted by Crippen LogP contribution is 2.32. The topological polar surface area (TPSA) is 35.2 Å². The molecule has 20 heavy (non-hydrogen) atoms. The Morgan fingerprint density at radius 2 is 1.60 bits per heavy atom. The highest BCUT2D eigenvalue weighted by Gasteiger charge is 2.32. The van der Waals surface area contributed by atoms with Crippen LogP contribution in [0, 0.1) is 0 Å². The van der Waals surface area contributed by atoms with E-state index in [2.05, 4.69) is 0 Å². The van der Waals surface area contributed by atoms with Crippen LogP contribution in [0.3, 0.4) is 0 Å². The average Bonchev–Trinajstić information content (AvgIpc) is 2.45. The third kappa shape index (κ3) is 3.51. The van der Waals surface area contributed by atoms with Crippen LogP contribution in [0.15, 0.2) is 48.5 Å². The molecular formula is C15H14F3NO. The quantitative estimate of drug-likeness (QED) is 0.926. The van der Waals surface area contributed by atoms with Gasteiger partial charge >= 0.3 is 6.18 Å². The lowest BCUT2D eigenvalue weighted by Gasteiger charge is -2.13. The van der Waals surface area contributed by atoms with Gasteiger partial charge in [-0.1, -0.05) is 30.3 Å². The molecule has 0 saturated heterocycles. The third-order valence-corrected chi connectivity index (χ3v) is 2.88. The van der Waals surface area contributed by atoms with E-state index in [4.69, 9.17) is 10.5 Å². The number of alkyl halides is 3. The maximum Gasteiger partial charge on any atom is 0.416 e. The third-order valence-electron chi connectivity index (χ3n) is 2.88. The van der Waals surface area contributed by atoms with Crippen LogP contribution in [0.4, 0.5) is 13.2 Å². The predicted molar refractivity (Wildman–Crippen MR) is 70.1 cm³/mol. The SMILES string of the molecule is NCc1ccc(OCc2ccccc2C(F)(F)F)cc1. The monoisotopic (exact) mass is 281 g/mol. The number of halogens is 3. The highest BCUT2D eigenvalue weighted by atomic mass is 19.4. The number of hydrogen-bond acceptors (Lipinski definition) is 2. The molecule has 0 saturated carbocycles. The van der Waals surface area contributed by atoms with Gasteiger partial charge in [-0.25, -0.2) is 0 Å². The van der Waals surface area contributed by atoms with Gasteiger partial charge in [-0.15, -0.1) is 0 Å². The summed E-state index contributed by atoms with van der Waals surface area (Å²) in [7, 11) is 0. The summed E-state index contributed by atoms with van der Waals surface area (Å²) in [6.45, 7) is 0.287. The standard InChI is InChI=1S/C15H14F3NO/c16-15(17,18)14-4-2-1-3-12(14)10-20-13-7-5-11(9-19)6-8-13/h1-8H,9-10,19H2. The van der Waals surface area contributed by atoms with Gasteiger partial charge in [-0.05, 0) is 23.8 Å². The van der Waals surface area contributed by atoms with Gasteiger partial charge in [0.1, 0.15) is 12.4 Å². The molecule has 2 nitrogen and oxygen atoms in total. The molecule has 0 aliphatic carbocycles.